The third-order valence-corrected chi connectivity index (χ3v) is 0.905. The Morgan fingerprint density at radius 2 is 2.00 bits per heavy atom. The van der Waals surface area contributed by atoms with Crippen molar-refractivity contribution in [3.05, 3.63) is 18.5 Å². The molecule has 0 N–H and O–H groups in total. The molecule has 42 valence electrons. The van der Waals surface area contributed by atoms with Gasteiger partial charge < -0.3 is 0 Å². The SMILES string of the molecule is ClCc1ncncn1. The fourth-order valence-corrected chi connectivity index (χ4v) is 0.470. The van der Waals surface area contributed by atoms with Crippen molar-refractivity contribution in [1.29, 1.82) is 0 Å². The molecule has 0 radical (unpaired) electrons. The molecule has 0 atom stereocenters. The van der Waals surface area contributed by atoms with Crippen LogP contribution in [0.4, 0.5) is 0 Å². The average Bonchev–Trinajstić information content (AvgIpc) is 1.90. The number of halogens is 1. The molecule has 1 aromatic heterocycles. The summed E-state index contributed by atoms with van der Waals surface area (Å²) in [6.45, 7) is 0. The van der Waals surface area contributed by atoms with E-state index in [0.717, 1.165) is 0 Å². The Morgan fingerprint density at radius 3 is 2.38 bits per heavy atom. The first kappa shape index (κ1) is 5.44. The summed E-state index contributed by atoms with van der Waals surface area (Å²) in [6, 6.07) is 0. The Balaban J connectivity index is 2.83. The van der Waals surface area contributed by atoms with E-state index in [1.165, 1.54) is 12.7 Å². The predicted molar refractivity (Wildman–Crippen MR) is 29.4 cm³/mol. The first-order valence-corrected chi connectivity index (χ1v) is 2.64. The van der Waals surface area contributed by atoms with E-state index in [4.69, 9.17) is 11.6 Å². The van der Waals surface area contributed by atoms with E-state index in [0.29, 0.717) is 11.7 Å². The van der Waals surface area contributed by atoms with E-state index < -0.39 is 0 Å². The maximum absolute atomic E-state index is 5.37. The zero-order valence-electron chi connectivity index (χ0n) is 4.08. The molecular weight excluding hydrogens is 126 g/mol. The number of hydrogen-bond acceptors (Lipinski definition) is 3. The number of aromatic nitrogens is 3. The lowest BCUT2D eigenvalue weighted by atomic mass is 10.7. The van der Waals surface area contributed by atoms with Gasteiger partial charge in [-0.3, -0.25) is 0 Å². The number of nitrogens with zero attached hydrogens (tertiary/aromatic N) is 3. The number of rotatable bonds is 1. The summed E-state index contributed by atoms with van der Waals surface area (Å²) in [5, 5.41) is 0. The molecule has 4 heteroatoms. The van der Waals surface area contributed by atoms with E-state index in [1.54, 1.807) is 0 Å². The monoisotopic (exact) mass is 129 g/mol. The molecule has 1 aromatic rings. The van der Waals surface area contributed by atoms with Gasteiger partial charge in [0.2, 0.25) is 0 Å². The topological polar surface area (TPSA) is 38.7 Å². The smallest absolute Gasteiger partial charge is 0.146 e. The minimum atomic E-state index is 0.350. The number of alkyl halides is 1. The van der Waals surface area contributed by atoms with Crippen LogP contribution in [0.25, 0.3) is 0 Å². The molecule has 1 heterocycles. The second kappa shape index (κ2) is 2.57. The highest BCUT2D eigenvalue weighted by molar-refractivity contribution is 6.16. The predicted octanol–water partition coefficient (Wildman–Crippen LogP) is 0.610. The van der Waals surface area contributed by atoms with Crippen LogP contribution in [-0.2, 0) is 5.88 Å². The lowest BCUT2D eigenvalue weighted by molar-refractivity contribution is 0.958. The van der Waals surface area contributed by atoms with Gasteiger partial charge in [0, 0.05) is 0 Å². The van der Waals surface area contributed by atoms with Crippen molar-refractivity contribution in [3.8, 4) is 0 Å². The van der Waals surface area contributed by atoms with Gasteiger partial charge in [-0.25, -0.2) is 15.0 Å². The standard InChI is InChI=1S/C4H4ClN3/c5-1-4-7-2-6-3-8-4/h2-3H,1H2. The van der Waals surface area contributed by atoms with Crippen molar-refractivity contribution in [3.63, 3.8) is 0 Å². The summed E-state index contributed by atoms with van der Waals surface area (Å²) in [7, 11) is 0. The normalized spacial score (nSPS) is 9.12. The Kier molecular flexibility index (Phi) is 1.75. The van der Waals surface area contributed by atoms with E-state index in [9.17, 15) is 0 Å². The molecule has 0 saturated heterocycles. The highest BCUT2D eigenvalue weighted by atomic mass is 35.5. The van der Waals surface area contributed by atoms with Gasteiger partial charge >= 0.3 is 0 Å². The minimum Gasteiger partial charge on any atom is -0.225 e. The maximum Gasteiger partial charge on any atom is 0.146 e. The van der Waals surface area contributed by atoms with Crippen molar-refractivity contribution < 1.29 is 0 Å². The number of hydrogen-bond donors (Lipinski definition) is 0. The summed E-state index contributed by atoms with van der Waals surface area (Å²) in [5.74, 6) is 0.962. The lowest BCUT2D eigenvalue weighted by Crippen LogP contribution is -1.88. The van der Waals surface area contributed by atoms with Crippen molar-refractivity contribution in [2.24, 2.45) is 0 Å². The van der Waals surface area contributed by atoms with Gasteiger partial charge in [0.15, 0.2) is 0 Å². The summed E-state index contributed by atoms with van der Waals surface area (Å²) in [5.41, 5.74) is 0. The van der Waals surface area contributed by atoms with Crippen LogP contribution in [0.15, 0.2) is 12.7 Å². The van der Waals surface area contributed by atoms with Crippen molar-refractivity contribution in [2.45, 2.75) is 5.88 Å². The van der Waals surface area contributed by atoms with Gasteiger partial charge in [0.25, 0.3) is 0 Å². The molecule has 0 aromatic carbocycles. The summed E-state index contributed by atoms with van der Waals surface area (Å²) < 4.78 is 0. The van der Waals surface area contributed by atoms with Crippen LogP contribution in [0.5, 0.6) is 0 Å². The molecule has 0 bridgehead atoms. The molecule has 8 heavy (non-hydrogen) atoms. The van der Waals surface area contributed by atoms with Crippen LogP contribution in [0.3, 0.4) is 0 Å². The highest BCUT2D eigenvalue weighted by Crippen LogP contribution is 1.88. The summed E-state index contributed by atoms with van der Waals surface area (Å²) in [4.78, 5) is 11.1. The first-order chi connectivity index (χ1) is 3.93. The zero-order valence-corrected chi connectivity index (χ0v) is 4.84. The molecule has 0 aliphatic heterocycles. The van der Waals surface area contributed by atoms with Crippen molar-refractivity contribution >= 4 is 11.6 Å². The summed E-state index contributed by atoms with van der Waals surface area (Å²) >= 11 is 5.37. The van der Waals surface area contributed by atoms with Gasteiger partial charge in [-0.1, -0.05) is 0 Å². The van der Waals surface area contributed by atoms with Gasteiger partial charge in [-0.05, 0) is 0 Å². The lowest BCUT2D eigenvalue weighted by Gasteiger charge is -1.85. The molecule has 1 rings (SSSR count). The van der Waals surface area contributed by atoms with Crippen LogP contribution in [0.1, 0.15) is 5.82 Å². The van der Waals surface area contributed by atoms with Crippen LogP contribution in [-0.4, -0.2) is 15.0 Å². The third-order valence-electron chi connectivity index (χ3n) is 0.666. The van der Waals surface area contributed by atoms with Crippen LogP contribution in [0.2, 0.25) is 0 Å². The van der Waals surface area contributed by atoms with E-state index in [-0.39, 0.29) is 0 Å². The van der Waals surface area contributed by atoms with Crippen LogP contribution < -0.4 is 0 Å². The van der Waals surface area contributed by atoms with Gasteiger partial charge in [-0.15, -0.1) is 11.6 Å². The maximum atomic E-state index is 5.37. The fraction of sp³-hybridized carbons (Fsp3) is 0.250. The highest BCUT2D eigenvalue weighted by Gasteiger charge is 1.86. The molecule has 0 aliphatic rings. The second-order valence-corrected chi connectivity index (χ2v) is 1.46. The molecule has 0 aliphatic carbocycles. The molecule has 0 saturated carbocycles. The van der Waals surface area contributed by atoms with Crippen molar-refractivity contribution in [2.75, 3.05) is 0 Å². The van der Waals surface area contributed by atoms with E-state index in [2.05, 4.69) is 15.0 Å². The molecular formula is C4H4ClN3. The Labute approximate surface area is 51.8 Å². The molecule has 3 nitrogen and oxygen atoms in total. The fourth-order valence-electron chi connectivity index (χ4n) is 0.332. The van der Waals surface area contributed by atoms with Crippen LogP contribution >= 0.6 is 11.6 Å². The Hall–Kier alpha value is -0.700. The van der Waals surface area contributed by atoms with E-state index >= 15 is 0 Å². The molecule has 0 fully saturated rings. The second-order valence-electron chi connectivity index (χ2n) is 1.19. The quantitative estimate of drug-likeness (QED) is 0.522. The van der Waals surface area contributed by atoms with Crippen LogP contribution in [0, 0.1) is 0 Å². The van der Waals surface area contributed by atoms with Gasteiger partial charge in [-0.2, -0.15) is 0 Å². The Bertz CT molecular complexity index is 153. The van der Waals surface area contributed by atoms with Crippen molar-refractivity contribution in [1.82, 2.24) is 15.0 Å². The van der Waals surface area contributed by atoms with E-state index in [1.807, 2.05) is 0 Å². The summed E-state index contributed by atoms with van der Waals surface area (Å²) in [6.07, 6.45) is 2.84. The molecule has 0 spiro atoms. The molecule has 0 unspecified atom stereocenters. The van der Waals surface area contributed by atoms with Gasteiger partial charge in [0.1, 0.15) is 18.5 Å². The largest absolute Gasteiger partial charge is 0.225 e. The minimum absolute atomic E-state index is 0.350. The zero-order chi connectivity index (χ0) is 5.82. The third kappa shape index (κ3) is 1.13. The Morgan fingerprint density at radius 1 is 1.38 bits per heavy atom. The molecule has 0 amide bonds. The average molecular weight is 130 g/mol. The van der Waals surface area contributed by atoms with Gasteiger partial charge in [0.05, 0.1) is 5.88 Å². The first-order valence-electron chi connectivity index (χ1n) is 2.10.